The molecule has 6 rings (SSSR count). The zero-order valence-corrected chi connectivity index (χ0v) is 23.4. The summed E-state index contributed by atoms with van der Waals surface area (Å²) in [5, 5.41) is 27.4. The molecule has 4 heterocycles. The summed E-state index contributed by atoms with van der Waals surface area (Å²) in [5.74, 6) is -0.847. The summed E-state index contributed by atoms with van der Waals surface area (Å²) in [5.41, 5.74) is 5.50. The van der Waals surface area contributed by atoms with Crippen molar-refractivity contribution in [3.8, 4) is 34.1 Å². The Morgan fingerprint density at radius 2 is 1.75 bits per heavy atom. The van der Waals surface area contributed by atoms with E-state index in [4.69, 9.17) is 0 Å². The van der Waals surface area contributed by atoms with Gasteiger partial charge in [0, 0.05) is 47.5 Å². The van der Waals surface area contributed by atoms with E-state index in [2.05, 4.69) is 39.9 Å². The van der Waals surface area contributed by atoms with E-state index in [1.54, 1.807) is 23.9 Å². The largest absolute Gasteiger partial charge is 0.504 e. The third kappa shape index (κ3) is 4.36. The van der Waals surface area contributed by atoms with Crippen LogP contribution >= 0.6 is 11.8 Å². The fourth-order valence-electron chi connectivity index (χ4n) is 5.29. The van der Waals surface area contributed by atoms with E-state index in [0.29, 0.717) is 29.2 Å². The average Bonchev–Trinajstić information content (AvgIpc) is 3.48. The quantitative estimate of drug-likeness (QED) is 0.227. The van der Waals surface area contributed by atoms with Crippen LogP contribution in [0.2, 0.25) is 0 Å². The molecule has 1 aliphatic heterocycles. The van der Waals surface area contributed by atoms with Crippen molar-refractivity contribution in [1.82, 2.24) is 19.7 Å². The van der Waals surface area contributed by atoms with Crippen molar-refractivity contribution in [1.29, 1.82) is 0 Å². The van der Waals surface area contributed by atoms with Crippen molar-refractivity contribution < 1.29 is 14.6 Å². The number of para-hydroxylation sites is 1. The molecule has 0 unspecified atom stereocenters. The van der Waals surface area contributed by atoms with Crippen LogP contribution in [-0.4, -0.2) is 36.5 Å². The highest BCUT2D eigenvalue weighted by Crippen LogP contribution is 2.54. The van der Waals surface area contributed by atoms with Crippen LogP contribution in [0.1, 0.15) is 25.0 Å². The van der Waals surface area contributed by atoms with Crippen LogP contribution in [0.15, 0.2) is 82.8 Å². The Hall–Kier alpha value is -4.37. The molecule has 5 aromatic rings. The molecule has 1 aliphatic rings. The second-order valence-corrected chi connectivity index (χ2v) is 11.7. The Morgan fingerprint density at radius 1 is 1.00 bits per heavy atom. The molecular weight excluding hydrogens is 525 g/mol. The third-order valence-corrected chi connectivity index (χ3v) is 8.40. The van der Waals surface area contributed by atoms with Gasteiger partial charge >= 0.3 is 0 Å². The molecule has 2 aromatic carbocycles. The van der Waals surface area contributed by atoms with Gasteiger partial charge in [-0.1, -0.05) is 55.9 Å². The number of nitrogens with zero attached hydrogens (tertiary/aromatic N) is 5. The summed E-state index contributed by atoms with van der Waals surface area (Å²) in [6.07, 6.45) is 3.25. The lowest BCUT2D eigenvalue weighted by atomic mass is 9.87. The molecule has 0 radical (unpaired) electrons. The Labute approximate surface area is 236 Å². The Balaban J connectivity index is 1.45. The summed E-state index contributed by atoms with van der Waals surface area (Å²) in [7, 11) is 1.81. The number of fused-ring (bicyclic) bond motifs is 1. The van der Waals surface area contributed by atoms with Gasteiger partial charge in [-0.3, -0.25) is 4.68 Å². The fourth-order valence-corrected chi connectivity index (χ4v) is 6.13. The lowest BCUT2D eigenvalue weighted by Gasteiger charge is -2.26. The number of pyridine rings is 2. The van der Waals surface area contributed by atoms with Crippen LogP contribution in [0.5, 0.6) is 11.6 Å². The standard InChI is InChI=1S/C31H28FN5O2S/c1-18-21(13-15-33-29(18)32)19-9-11-20(12-10-19)40-28-27(38)26(25(34-30(28)39)23-14-16-36(4)35-23)37-17-31(2,3)22-7-5-6-8-24(22)37/h5-16H,17H2,1-4H3,(H2,34,38,39). The van der Waals surface area contributed by atoms with Gasteiger partial charge in [0.1, 0.15) is 22.0 Å². The number of hydrogen-bond acceptors (Lipinski definition) is 7. The molecule has 0 bridgehead atoms. The molecule has 2 N–H and O–H groups in total. The molecule has 0 spiro atoms. The van der Waals surface area contributed by atoms with Gasteiger partial charge in [0.15, 0.2) is 5.75 Å². The van der Waals surface area contributed by atoms with Crippen molar-refractivity contribution >= 4 is 23.1 Å². The number of benzene rings is 2. The van der Waals surface area contributed by atoms with Gasteiger partial charge in [-0.15, -0.1) is 0 Å². The second-order valence-electron chi connectivity index (χ2n) is 10.6. The number of anilines is 2. The highest BCUT2D eigenvalue weighted by atomic mass is 32.2. The van der Waals surface area contributed by atoms with Crippen LogP contribution in [0.25, 0.3) is 22.5 Å². The first-order chi connectivity index (χ1) is 19.1. The van der Waals surface area contributed by atoms with E-state index in [0.717, 1.165) is 21.7 Å². The maximum Gasteiger partial charge on any atom is 0.229 e. The maximum atomic E-state index is 14.0. The first kappa shape index (κ1) is 25.9. The van der Waals surface area contributed by atoms with Gasteiger partial charge in [0.25, 0.3) is 0 Å². The third-order valence-electron chi connectivity index (χ3n) is 7.32. The van der Waals surface area contributed by atoms with Crippen LogP contribution < -0.4 is 4.90 Å². The topological polar surface area (TPSA) is 87.3 Å². The molecule has 3 aromatic heterocycles. The molecule has 0 saturated carbocycles. The van der Waals surface area contributed by atoms with Gasteiger partial charge in [-0.2, -0.15) is 9.49 Å². The highest BCUT2D eigenvalue weighted by molar-refractivity contribution is 7.99. The molecule has 0 fully saturated rings. The summed E-state index contributed by atoms with van der Waals surface area (Å²) >= 11 is 1.21. The average molecular weight is 554 g/mol. The lowest BCUT2D eigenvalue weighted by molar-refractivity contribution is 0.413. The van der Waals surface area contributed by atoms with E-state index in [-0.39, 0.29) is 21.9 Å². The van der Waals surface area contributed by atoms with Crippen molar-refractivity contribution in [2.24, 2.45) is 7.05 Å². The number of aromatic nitrogens is 4. The predicted molar refractivity (Wildman–Crippen MR) is 155 cm³/mol. The van der Waals surface area contributed by atoms with E-state index in [9.17, 15) is 14.6 Å². The number of rotatable bonds is 5. The van der Waals surface area contributed by atoms with Gasteiger partial charge in [-0.25, -0.2) is 9.97 Å². The van der Waals surface area contributed by atoms with Crippen molar-refractivity contribution in [2.45, 2.75) is 36.0 Å². The van der Waals surface area contributed by atoms with Gasteiger partial charge in [0.2, 0.25) is 11.8 Å². The normalized spacial score (nSPS) is 14.0. The summed E-state index contributed by atoms with van der Waals surface area (Å²) in [6, 6.07) is 19.2. The first-order valence-corrected chi connectivity index (χ1v) is 13.7. The van der Waals surface area contributed by atoms with E-state index >= 15 is 0 Å². The van der Waals surface area contributed by atoms with Crippen molar-refractivity contribution in [3.63, 3.8) is 0 Å². The molecule has 0 aliphatic carbocycles. The van der Waals surface area contributed by atoms with E-state index in [1.165, 1.54) is 23.5 Å². The van der Waals surface area contributed by atoms with Gasteiger partial charge in [0.05, 0.1) is 0 Å². The fraction of sp³-hybridized carbons (Fsp3) is 0.194. The minimum atomic E-state index is -0.496. The SMILES string of the molecule is Cc1c(-c2ccc(Sc3c(O)nc(-c4ccn(C)n4)c(N4CC(C)(C)c5ccccc54)c3O)cc2)ccnc1F. The zero-order valence-electron chi connectivity index (χ0n) is 22.6. The second kappa shape index (κ2) is 9.67. The van der Waals surface area contributed by atoms with Crippen LogP contribution in [-0.2, 0) is 12.5 Å². The van der Waals surface area contributed by atoms with Crippen molar-refractivity contribution in [3.05, 3.63) is 90.1 Å². The van der Waals surface area contributed by atoms with Crippen molar-refractivity contribution in [2.75, 3.05) is 11.4 Å². The van der Waals surface area contributed by atoms with E-state index < -0.39 is 5.95 Å². The molecule has 202 valence electrons. The Kier molecular flexibility index (Phi) is 6.26. The molecule has 0 amide bonds. The zero-order chi connectivity index (χ0) is 28.2. The Morgan fingerprint density at radius 3 is 2.48 bits per heavy atom. The number of halogens is 1. The minimum absolute atomic E-state index is 0.0678. The summed E-state index contributed by atoms with van der Waals surface area (Å²) in [4.78, 5) is 11.4. The van der Waals surface area contributed by atoms with Gasteiger partial charge < -0.3 is 15.1 Å². The number of hydrogen-bond donors (Lipinski definition) is 2. The molecule has 40 heavy (non-hydrogen) atoms. The summed E-state index contributed by atoms with van der Waals surface area (Å²) in [6.45, 7) is 6.66. The first-order valence-electron chi connectivity index (χ1n) is 12.9. The number of aromatic hydroxyl groups is 2. The molecular formula is C31H28FN5O2S. The molecule has 0 atom stereocenters. The maximum absolute atomic E-state index is 14.0. The van der Waals surface area contributed by atoms with Crippen LogP contribution in [0, 0.1) is 12.9 Å². The summed E-state index contributed by atoms with van der Waals surface area (Å²) < 4.78 is 15.7. The van der Waals surface area contributed by atoms with Gasteiger partial charge in [-0.05, 0) is 53.9 Å². The minimum Gasteiger partial charge on any atom is -0.504 e. The molecule has 7 nitrogen and oxygen atoms in total. The predicted octanol–water partition coefficient (Wildman–Crippen LogP) is 6.98. The van der Waals surface area contributed by atoms with Crippen LogP contribution in [0.3, 0.4) is 0 Å². The number of aryl methyl sites for hydroxylation is 1. The van der Waals surface area contributed by atoms with E-state index in [1.807, 2.05) is 55.6 Å². The molecule has 9 heteroatoms. The smallest absolute Gasteiger partial charge is 0.229 e. The monoisotopic (exact) mass is 553 g/mol. The molecule has 0 saturated heterocycles. The van der Waals surface area contributed by atoms with Crippen LogP contribution in [0.4, 0.5) is 15.8 Å². The Bertz CT molecular complexity index is 1750. The lowest BCUT2D eigenvalue weighted by Crippen LogP contribution is -2.25. The highest BCUT2D eigenvalue weighted by Gasteiger charge is 2.39.